The van der Waals surface area contributed by atoms with Gasteiger partial charge in [-0.2, -0.15) is 13.2 Å². The number of imidazole rings is 1. The average molecular weight is 298 g/mol. The molecule has 3 N–H and O–H groups in total. The van der Waals surface area contributed by atoms with Gasteiger partial charge < -0.3 is 15.6 Å². The van der Waals surface area contributed by atoms with Crippen molar-refractivity contribution in [1.29, 1.82) is 0 Å². The Bertz CT molecular complexity index is 637. The smallest absolute Gasteiger partial charge is 0.398 e. The molecular weight excluding hydrogens is 285 g/mol. The predicted octanol–water partition coefficient (Wildman–Crippen LogP) is 2.28. The maximum absolute atomic E-state index is 12.8. The number of benzene rings is 1. The lowest BCUT2D eigenvalue weighted by atomic mass is 10.1. The van der Waals surface area contributed by atoms with Crippen LogP contribution in [0.4, 0.5) is 18.9 Å². The molecule has 0 spiro atoms. The Morgan fingerprint density at radius 3 is 2.71 bits per heavy atom. The number of nitrogens with zero attached hydrogens (tertiary/aromatic N) is 2. The third-order valence-corrected chi connectivity index (χ3v) is 2.93. The second-order valence-corrected chi connectivity index (χ2v) is 4.46. The molecular formula is C13H13F3N4O. The largest absolute Gasteiger partial charge is 0.418 e. The summed E-state index contributed by atoms with van der Waals surface area (Å²) in [6.07, 6.45) is -1.49. The zero-order valence-electron chi connectivity index (χ0n) is 11.1. The lowest BCUT2D eigenvalue weighted by molar-refractivity contribution is -0.136. The van der Waals surface area contributed by atoms with E-state index in [-0.39, 0.29) is 12.1 Å². The zero-order chi connectivity index (χ0) is 15.6. The Labute approximate surface area is 118 Å². The van der Waals surface area contributed by atoms with Gasteiger partial charge in [-0.1, -0.05) is 6.07 Å². The molecule has 1 heterocycles. The van der Waals surface area contributed by atoms with E-state index in [1.807, 2.05) is 0 Å². The lowest BCUT2D eigenvalue weighted by Gasteiger charge is -2.19. The van der Waals surface area contributed by atoms with Crippen LogP contribution in [0, 0.1) is 0 Å². The molecule has 0 saturated heterocycles. The fraction of sp³-hybridized carbons (Fsp3) is 0.231. The van der Waals surface area contributed by atoms with Crippen molar-refractivity contribution in [2.45, 2.75) is 12.7 Å². The first kappa shape index (κ1) is 14.9. The summed E-state index contributed by atoms with van der Waals surface area (Å²) in [5, 5.41) is 0. The van der Waals surface area contributed by atoms with E-state index in [9.17, 15) is 18.0 Å². The maximum atomic E-state index is 12.8. The van der Waals surface area contributed by atoms with Gasteiger partial charge in [0.25, 0.3) is 5.91 Å². The molecule has 1 aromatic carbocycles. The molecule has 0 fully saturated rings. The monoisotopic (exact) mass is 298 g/mol. The highest BCUT2D eigenvalue weighted by Gasteiger charge is 2.34. The normalized spacial score (nSPS) is 11.4. The molecule has 5 nitrogen and oxygen atoms in total. The van der Waals surface area contributed by atoms with Crippen LogP contribution in [0.3, 0.4) is 0 Å². The van der Waals surface area contributed by atoms with E-state index < -0.39 is 23.3 Å². The molecule has 0 radical (unpaired) electrons. The van der Waals surface area contributed by atoms with E-state index in [1.165, 1.54) is 24.2 Å². The highest BCUT2D eigenvalue weighted by Crippen LogP contribution is 2.35. The fourth-order valence-electron chi connectivity index (χ4n) is 1.89. The summed E-state index contributed by atoms with van der Waals surface area (Å²) in [7, 11) is 1.46. The van der Waals surface area contributed by atoms with Crippen LogP contribution < -0.4 is 5.73 Å². The number of amides is 1. The first-order chi connectivity index (χ1) is 9.80. The van der Waals surface area contributed by atoms with Crippen molar-refractivity contribution in [3.05, 3.63) is 47.5 Å². The number of hydrogen-bond donors (Lipinski definition) is 2. The Balaban J connectivity index is 2.27. The average Bonchev–Trinajstić information content (AvgIpc) is 2.89. The number of nitrogens with one attached hydrogen (secondary N) is 1. The van der Waals surface area contributed by atoms with E-state index in [0.29, 0.717) is 5.82 Å². The van der Waals surface area contributed by atoms with Crippen LogP contribution in [0.25, 0.3) is 0 Å². The van der Waals surface area contributed by atoms with Crippen molar-refractivity contribution >= 4 is 11.6 Å². The van der Waals surface area contributed by atoms with Crippen LogP contribution in [0.5, 0.6) is 0 Å². The van der Waals surface area contributed by atoms with Crippen LogP contribution >= 0.6 is 0 Å². The van der Waals surface area contributed by atoms with Crippen LogP contribution in [0.2, 0.25) is 0 Å². The first-order valence-corrected chi connectivity index (χ1v) is 6.00. The molecule has 0 bridgehead atoms. The Kier molecular flexibility index (Phi) is 3.88. The van der Waals surface area contributed by atoms with Crippen molar-refractivity contribution in [3.8, 4) is 0 Å². The van der Waals surface area contributed by atoms with Gasteiger partial charge in [0.05, 0.1) is 23.4 Å². The zero-order valence-corrected chi connectivity index (χ0v) is 11.1. The van der Waals surface area contributed by atoms with E-state index in [0.717, 1.165) is 12.1 Å². The topological polar surface area (TPSA) is 75.0 Å². The van der Waals surface area contributed by atoms with Gasteiger partial charge in [0.2, 0.25) is 0 Å². The second kappa shape index (κ2) is 5.47. The molecule has 0 unspecified atom stereocenters. The molecule has 1 aromatic heterocycles. The van der Waals surface area contributed by atoms with Gasteiger partial charge >= 0.3 is 6.18 Å². The Morgan fingerprint density at radius 2 is 2.14 bits per heavy atom. The number of para-hydroxylation sites is 1. The number of carbonyl (C=O) groups excluding carboxylic acids is 1. The summed E-state index contributed by atoms with van der Waals surface area (Å²) in [6.45, 7) is 0.140. The molecule has 0 aliphatic carbocycles. The number of carbonyl (C=O) groups is 1. The van der Waals surface area contributed by atoms with E-state index in [4.69, 9.17) is 5.73 Å². The van der Waals surface area contributed by atoms with Crippen LogP contribution in [0.15, 0.2) is 30.6 Å². The molecule has 0 atom stereocenters. The van der Waals surface area contributed by atoms with Gasteiger partial charge in [-0.3, -0.25) is 4.79 Å². The SMILES string of the molecule is CN(Cc1ncc[nH]1)C(=O)c1cccc(C(F)(F)F)c1N. The van der Waals surface area contributed by atoms with Crippen LogP contribution in [-0.2, 0) is 12.7 Å². The number of hydrogen-bond acceptors (Lipinski definition) is 3. The second-order valence-electron chi connectivity index (χ2n) is 4.46. The molecule has 0 aliphatic heterocycles. The highest BCUT2D eigenvalue weighted by molar-refractivity contribution is 5.99. The summed E-state index contributed by atoms with van der Waals surface area (Å²) in [5.74, 6) is -0.0774. The maximum Gasteiger partial charge on any atom is 0.418 e. The van der Waals surface area contributed by atoms with Gasteiger partial charge in [0.15, 0.2) is 0 Å². The van der Waals surface area contributed by atoms with Crippen LogP contribution in [-0.4, -0.2) is 27.8 Å². The van der Waals surface area contributed by atoms with Crippen molar-refractivity contribution in [3.63, 3.8) is 0 Å². The summed E-state index contributed by atoms with van der Waals surface area (Å²) in [4.78, 5) is 20.2. The molecule has 8 heteroatoms. The summed E-state index contributed by atoms with van der Waals surface area (Å²) < 4.78 is 38.3. The van der Waals surface area contributed by atoms with Gasteiger partial charge in [-0.05, 0) is 12.1 Å². The standard InChI is InChI=1S/C13H13F3N4O/c1-20(7-10-18-5-6-19-10)12(21)8-3-2-4-9(11(8)17)13(14,15)16/h2-6H,7,17H2,1H3,(H,18,19). The first-order valence-electron chi connectivity index (χ1n) is 6.00. The third-order valence-electron chi connectivity index (χ3n) is 2.93. The molecule has 0 aliphatic rings. The summed E-state index contributed by atoms with van der Waals surface area (Å²) in [5.41, 5.74) is 3.73. The summed E-state index contributed by atoms with van der Waals surface area (Å²) >= 11 is 0. The molecule has 1 amide bonds. The summed E-state index contributed by atoms with van der Waals surface area (Å²) in [6, 6.07) is 3.28. The minimum absolute atomic E-state index is 0.140. The quantitative estimate of drug-likeness (QED) is 0.854. The number of alkyl halides is 3. The van der Waals surface area contributed by atoms with E-state index >= 15 is 0 Å². The molecule has 2 aromatic rings. The van der Waals surface area contributed by atoms with Crippen molar-refractivity contribution in [1.82, 2.24) is 14.9 Å². The highest BCUT2D eigenvalue weighted by atomic mass is 19.4. The lowest BCUT2D eigenvalue weighted by Crippen LogP contribution is -2.28. The van der Waals surface area contributed by atoms with E-state index in [1.54, 1.807) is 6.20 Å². The van der Waals surface area contributed by atoms with Gasteiger partial charge in [-0.25, -0.2) is 4.98 Å². The number of aromatic amines is 1. The minimum Gasteiger partial charge on any atom is -0.398 e. The minimum atomic E-state index is -4.60. The number of H-pyrrole nitrogens is 1. The van der Waals surface area contributed by atoms with Crippen molar-refractivity contribution < 1.29 is 18.0 Å². The molecule has 2 rings (SSSR count). The van der Waals surface area contributed by atoms with Crippen molar-refractivity contribution in [2.24, 2.45) is 0 Å². The number of anilines is 1. The van der Waals surface area contributed by atoms with Gasteiger partial charge in [0, 0.05) is 19.4 Å². The molecule has 21 heavy (non-hydrogen) atoms. The number of nitrogens with two attached hydrogens (primary N) is 1. The van der Waals surface area contributed by atoms with Crippen LogP contribution in [0.1, 0.15) is 21.7 Å². The predicted molar refractivity (Wildman–Crippen MR) is 70.2 cm³/mol. The Hall–Kier alpha value is -2.51. The number of halogens is 3. The molecule has 112 valence electrons. The number of aromatic nitrogens is 2. The number of nitrogen functional groups attached to an aromatic ring is 1. The van der Waals surface area contributed by atoms with Crippen molar-refractivity contribution in [2.75, 3.05) is 12.8 Å². The van der Waals surface area contributed by atoms with E-state index in [2.05, 4.69) is 9.97 Å². The Morgan fingerprint density at radius 1 is 1.43 bits per heavy atom. The van der Waals surface area contributed by atoms with Gasteiger partial charge in [0.1, 0.15) is 5.82 Å². The molecule has 0 saturated carbocycles. The van der Waals surface area contributed by atoms with Gasteiger partial charge in [-0.15, -0.1) is 0 Å². The fourth-order valence-corrected chi connectivity index (χ4v) is 1.89. The number of rotatable bonds is 3. The third kappa shape index (κ3) is 3.15.